The highest BCUT2D eigenvalue weighted by Crippen LogP contribution is 2.20. The van der Waals surface area contributed by atoms with Crippen LogP contribution >= 0.6 is 0 Å². The van der Waals surface area contributed by atoms with E-state index in [-0.39, 0.29) is 5.91 Å². The molecule has 0 atom stereocenters. The van der Waals surface area contributed by atoms with Crippen molar-refractivity contribution in [3.05, 3.63) is 66.7 Å². The smallest absolute Gasteiger partial charge is 0.224 e. The van der Waals surface area contributed by atoms with Crippen molar-refractivity contribution in [2.45, 2.75) is 19.8 Å². The molecule has 128 valence electrons. The van der Waals surface area contributed by atoms with E-state index in [1.807, 2.05) is 55.5 Å². The molecule has 1 heterocycles. The van der Waals surface area contributed by atoms with E-state index in [1.54, 1.807) is 11.0 Å². The maximum atomic E-state index is 12.2. The van der Waals surface area contributed by atoms with E-state index in [0.717, 1.165) is 22.7 Å². The number of ether oxygens (including phenoxy) is 1. The summed E-state index contributed by atoms with van der Waals surface area (Å²) in [7, 11) is 0. The summed E-state index contributed by atoms with van der Waals surface area (Å²) in [6.45, 7) is 2.56. The van der Waals surface area contributed by atoms with Gasteiger partial charge in [-0.05, 0) is 49.2 Å². The number of carbonyl (C=O) groups is 1. The minimum atomic E-state index is -0.0280. The number of benzene rings is 2. The van der Waals surface area contributed by atoms with Crippen LogP contribution in [0.1, 0.15) is 18.9 Å². The Hall–Kier alpha value is -3.15. The Labute approximate surface area is 146 Å². The molecular weight excluding hydrogens is 316 g/mol. The highest BCUT2D eigenvalue weighted by molar-refractivity contribution is 5.90. The summed E-state index contributed by atoms with van der Waals surface area (Å²) in [5.41, 5.74) is 2.69. The fraction of sp³-hybridized carbons (Fsp3) is 0.211. The van der Waals surface area contributed by atoms with Crippen LogP contribution in [-0.2, 0) is 11.2 Å². The molecule has 2 aromatic carbocycles. The number of carbonyl (C=O) groups excluding carboxylic acids is 1. The fourth-order valence-electron chi connectivity index (χ4n) is 2.52. The number of nitrogens with one attached hydrogen (secondary N) is 1. The van der Waals surface area contributed by atoms with E-state index in [0.29, 0.717) is 19.4 Å². The molecule has 1 amide bonds. The predicted octanol–water partition coefficient (Wildman–Crippen LogP) is 3.24. The second-order valence-corrected chi connectivity index (χ2v) is 5.48. The van der Waals surface area contributed by atoms with Gasteiger partial charge in [0.25, 0.3) is 0 Å². The van der Waals surface area contributed by atoms with E-state index in [4.69, 9.17) is 4.74 Å². The van der Waals surface area contributed by atoms with Crippen LogP contribution in [0, 0.1) is 0 Å². The van der Waals surface area contributed by atoms with Crippen LogP contribution < -0.4 is 10.1 Å². The maximum Gasteiger partial charge on any atom is 0.224 e. The molecule has 6 nitrogen and oxygen atoms in total. The molecule has 0 fully saturated rings. The summed E-state index contributed by atoms with van der Waals surface area (Å²) >= 11 is 0. The van der Waals surface area contributed by atoms with Crippen molar-refractivity contribution in [2.24, 2.45) is 0 Å². The Morgan fingerprint density at radius 2 is 1.96 bits per heavy atom. The Balaban J connectivity index is 1.56. The fourth-order valence-corrected chi connectivity index (χ4v) is 2.52. The second kappa shape index (κ2) is 8.10. The zero-order valence-corrected chi connectivity index (χ0v) is 14.1. The van der Waals surface area contributed by atoms with Gasteiger partial charge in [-0.1, -0.05) is 18.2 Å². The standard InChI is InChI=1S/C19H20N4O2/c1-2-25-18-6-4-3-5-15(18)7-12-19(24)22-16-8-10-17(11-9-16)23-14-20-13-21-23/h3-6,8-11,13-14H,2,7,12H2,1H3,(H,22,24). The Kier molecular flexibility index (Phi) is 5.41. The minimum absolute atomic E-state index is 0.0280. The third-order valence-electron chi connectivity index (χ3n) is 3.73. The molecule has 3 aromatic rings. The quantitative estimate of drug-likeness (QED) is 0.719. The number of aryl methyl sites for hydroxylation is 1. The lowest BCUT2D eigenvalue weighted by atomic mass is 10.1. The van der Waals surface area contributed by atoms with Crippen LogP contribution in [0.3, 0.4) is 0 Å². The largest absolute Gasteiger partial charge is 0.494 e. The molecule has 0 bridgehead atoms. The maximum absolute atomic E-state index is 12.2. The van der Waals surface area contributed by atoms with Crippen LogP contribution in [0.4, 0.5) is 5.69 Å². The number of anilines is 1. The van der Waals surface area contributed by atoms with E-state index in [2.05, 4.69) is 15.4 Å². The first-order valence-electron chi connectivity index (χ1n) is 8.22. The highest BCUT2D eigenvalue weighted by atomic mass is 16.5. The molecule has 0 unspecified atom stereocenters. The number of nitrogens with zero attached hydrogens (tertiary/aromatic N) is 3. The van der Waals surface area contributed by atoms with E-state index < -0.39 is 0 Å². The summed E-state index contributed by atoms with van der Waals surface area (Å²) in [5, 5.41) is 6.98. The summed E-state index contributed by atoms with van der Waals surface area (Å²) in [6.07, 6.45) is 4.15. The first-order valence-corrected chi connectivity index (χ1v) is 8.22. The van der Waals surface area contributed by atoms with Gasteiger partial charge in [-0.15, -0.1) is 0 Å². The van der Waals surface area contributed by atoms with Crippen LogP contribution in [0.25, 0.3) is 5.69 Å². The van der Waals surface area contributed by atoms with Crippen molar-refractivity contribution in [3.63, 3.8) is 0 Å². The SMILES string of the molecule is CCOc1ccccc1CCC(=O)Nc1ccc(-n2cncn2)cc1. The first kappa shape index (κ1) is 16.7. The van der Waals surface area contributed by atoms with Crippen LogP contribution in [0.2, 0.25) is 0 Å². The second-order valence-electron chi connectivity index (χ2n) is 5.48. The van der Waals surface area contributed by atoms with Gasteiger partial charge >= 0.3 is 0 Å². The van der Waals surface area contributed by atoms with Gasteiger partial charge in [0.2, 0.25) is 5.91 Å². The minimum Gasteiger partial charge on any atom is -0.494 e. The number of para-hydroxylation sites is 1. The van der Waals surface area contributed by atoms with Gasteiger partial charge in [-0.2, -0.15) is 5.10 Å². The summed E-state index contributed by atoms with van der Waals surface area (Å²) in [6, 6.07) is 15.3. The third-order valence-corrected chi connectivity index (χ3v) is 3.73. The lowest BCUT2D eigenvalue weighted by molar-refractivity contribution is -0.116. The van der Waals surface area contributed by atoms with Crippen molar-refractivity contribution in [1.82, 2.24) is 14.8 Å². The molecule has 0 aliphatic rings. The molecule has 0 saturated carbocycles. The molecular formula is C19H20N4O2. The molecule has 0 radical (unpaired) electrons. The van der Waals surface area contributed by atoms with Crippen LogP contribution in [0.15, 0.2) is 61.2 Å². The van der Waals surface area contributed by atoms with Crippen molar-refractivity contribution in [1.29, 1.82) is 0 Å². The van der Waals surface area contributed by atoms with Gasteiger partial charge in [-0.25, -0.2) is 9.67 Å². The van der Waals surface area contributed by atoms with Gasteiger partial charge in [0.1, 0.15) is 18.4 Å². The molecule has 3 rings (SSSR count). The van der Waals surface area contributed by atoms with Crippen molar-refractivity contribution in [2.75, 3.05) is 11.9 Å². The van der Waals surface area contributed by atoms with Crippen molar-refractivity contribution in [3.8, 4) is 11.4 Å². The molecule has 0 saturated heterocycles. The van der Waals surface area contributed by atoms with E-state index >= 15 is 0 Å². The van der Waals surface area contributed by atoms with Gasteiger partial charge in [0.05, 0.1) is 12.3 Å². The third kappa shape index (κ3) is 4.44. The predicted molar refractivity (Wildman–Crippen MR) is 95.9 cm³/mol. The molecule has 1 N–H and O–H groups in total. The van der Waals surface area contributed by atoms with Crippen molar-refractivity contribution < 1.29 is 9.53 Å². The molecule has 1 aromatic heterocycles. The molecule has 25 heavy (non-hydrogen) atoms. The topological polar surface area (TPSA) is 69.0 Å². The number of rotatable bonds is 7. The average molecular weight is 336 g/mol. The van der Waals surface area contributed by atoms with Gasteiger partial charge in [-0.3, -0.25) is 4.79 Å². The molecule has 0 aliphatic heterocycles. The van der Waals surface area contributed by atoms with Crippen molar-refractivity contribution >= 4 is 11.6 Å². The summed E-state index contributed by atoms with van der Waals surface area (Å²) < 4.78 is 7.25. The zero-order chi connectivity index (χ0) is 17.5. The Morgan fingerprint density at radius 3 is 2.68 bits per heavy atom. The number of amides is 1. The highest BCUT2D eigenvalue weighted by Gasteiger charge is 2.07. The Bertz CT molecular complexity index is 814. The average Bonchev–Trinajstić information content (AvgIpc) is 3.17. The summed E-state index contributed by atoms with van der Waals surface area (Å²) in [5.74, 6) is 0.815. The van der Waals surface area contributed by atoms with E-state index in [9.17, 15) is 4.79 Å². The van der Waals surface area contributed by atoms with Crippen LogP contribution in [-0.4, -0.2) is 27.3 Å². The number of hydrogen-bond donors (Lipinski definition) is 1. The monoisotopic (exact) mass is 336 g/mol. The lowest BCUT2D eigenvalue weighted by Crippen LogP contribution is -2.12. The first-order chi connectivity index (χ1) is 12.3. The van der Waals surface area contributed by atoms with Gasteiger partial charge < -0.3 is 10.1 Å². The lowest BCUT2D eigenvalue weighted by Gasteiger charge is -2.10. The number of aromatic nitrogens is 3. The normalized spacial score (nSPS) is 10.4. The van der Waals surface area contributed by atoms with Crippen LogP contribution in [0.5, 0.6) is 5.75 Å². The zero-order valence-electron chi connectivity index (χ0n) is 14.1. The molecule has 6 heteroatoms. The molecule has 0 aliphatic carbocycles. The van der Waals surface area contributed by atoms with Gasteiger partial charge in [0, 0.05) is 12.1 Å². The van der Waals surface area contributed by atoms with E-state index in [1.165, 1.54) is 6.33 Å². The summed E-state index contributed by atoms with van der Waals surface area (Å²) in [4.78, 5) is 16.1. The number of hydrogen-bond acceptors (Lipinski definition) is 4. The van der Waals surface area contributed by atoms with Gasteiger partial charge in [0.15, 0.2) is 0 Å². The molecule has 0 spiro atoms. The Morgan fingerprint density at radius 1 is 1.16 bits per heavy atom.